The van der Waals surface area contributed by atoms with Crippen molar-refractivity contribution in [3.8, 4) is 5.75 Å². The lowest BCUT2D eigenvalue weighted by Gasteiger charge is -2.12. The van der Waals surface area contributed by atoms with Crippen molar-refractivity contribution >= 4 is 11.8 Å². The third-order valence-electron chi connectivity index (χ3n) is 2.24. The molecule has 6 heteroatoms. The van der Waals surface area contributed by atoms with Crippen LogP contribution in [0.4, 0.5) is 0 Å². The van der Waals surface area contributed by atoms with Gasteiger partial charge in [-0.15, -0.1) is 0 Å². The quantitative estimate of drug-likeness (QED) is 0.384. The van der Waals surface area contributed by atoms with Crippen molar-refractivity contribution in [2.45, 2.75) is 13.0 Å². The van der Waals surface area contributed by atoms with E-state index in [0.29, 0.717) is 11.3 Å². The molecule has 4 N–H and O–H groups in total. The highest BCUT2D eigenvalue weighted by molar-refractivity contribution is 5.97. The Hall–Kier alpha value is -2.08. The minimum Gasteiger partial charge on any atom is -0.497 e. The van der Waals surface area contributed by atoms with Gasteiger partial charge in [-0.25, -0.2) is 5.84 Å². The molecular formula is C11H15N3O3. The van der Waals surface area contributed by atoms with Crippen LogP contribution in [0.25, 0.3) is 0 Å². The highest BCUT2D eigenvalue weighted by atomic mass is 16.5. The summed E-state index contributed by atoms with van der Waals surface area (Å²) in [6, 6.07) is 5.88. The van der Waals surface area contributed by atoms with Gasteiger partial charge in [-0.05, 0) is 31.2 Å². The van der Waals surface area contributed by atoms with E-state index in [1.165, 1.54) is 0 Å². The smallest absolute Gasteiger partial charge is 0.256 e. The van der Waals surface area contributed by atoms with Crippen LogP contribution in [0.1, 0.15) is 17.3 Å². The number of hydrogen-bond acceptors (Lipinski definition) is 4. The van der Waals surface area contributed by atoms with Crippen LogP contribution in [-0.2, 0) is 4.79 Å². The number of carbonyl (C=O) groups is 2. The Bertz CT molecular complexity index is 403. The molecule has 6 nitrogen and oxygen atoms in total. The molecule has 0 radical (unpaired) electrons. The standard InChI is InChI=1S/C11H15N3O3/c1-7(10(15)14-12)13-11(16)8-3-5-9(17-2)6-4-8/h3-7H,12H2,1-2H3,(H,13,16)(H,14,15)/t7-/m1/s1. The molecule has 17 heavy (non-hydrogen) atoms. The lowest BCUT2D eigenvalue weighted by Crippen LogP contribution is -2.47. The monoisotopic (exact) mass is 237 g/mol. The molecule has 1 rings (SSSR count). The van der Waals surface area contributed by atoms with Crippen molar-refractivity contribution in [1.82, 2.24) is 10.7 Å². The van der Waals surface area contributed by atoms with Gasteiger partial charge in [0.1, 0.15) is 11.8 Å². The number of benzene rings is 1. The van der Waals surface area contributed by atoms with Gasteiger partial charge in [0.05, 0.1) is 7.11 Å². The number of hydrogen-bond donors (Lipinski definition) is 3. The molecule has 0 spiro atoms. The number of ether oxygens (including phenoxy) is 1. The maximum absolute atomic E-state index is 11.7. The zero-order valence-electron chi connectivity index (χ0n) is 9.69. The van der Waals surface area contributed by atoms with E-state index in [-0.39, 0.29) is 5.91 Å². The molecule has 0 saturated heterocycles. The lowest BCUT2D eigenvalue weighted by atomic mass is 10.2. The number of nitrogens with one attached hydrogen (secondary N) is 2. The topological polar surface area (TPSA) is 93.4 Å². The molecule has 0 aliphatic carbocycles. The largest absolute Gasteiger partial charge is 0.497 e. The van der Waals surface area contributed by atoms with Crippen LogP contribution in [0.5, 0.6) is 5.75 Å². The normalized spacial score (nSPS) is 11.5. The minimum absolute atomic E-state index is 0.344. The molecule has 0 unspecified atom stereocenters. The second kappa shape index (κ2) is 5.86. The first-order valence-corrected chi connectivity index (χ1v) is 5.04. The fourth-order valence-corrected chi connectivity index (χ4v) is 1.21. The zero-order valence-corrected chi connectivity index (χ0v) is 9.69. The van der Waals surface area contributed by atoms with Crippen LogP contribution >= 0.6 is 0 Å². The van der Waals surface area contributed by atoms with Crippen LogP contribution < -0.4 is 21.3 Å². The maximum Gasteiger partial charge on any atom is 0.256 e. The summed E-state index contributed by atoms with van der Waals surface area (Å²) >= 11 is 0. The van der Waals surface area contributed by atoms with Gasteiger partial charge in [0.25, 0.3) is 11.8 Å². The number of carbonyl (C=O) groups excluding carboxylic acids is 2. The highest BCUT2D eigenvalue weighted by Crippen LogP contribution is 2.11. The van der Waals surface area contributed by atoms with E-state index in [2.05, 4.69) is 5.32 Å². The van der Waals surface area contributed by atoms with Crippen molar-refractivity contribution in [3.63, 3.8) is 0 Å². The molecule has 1 aromatic rings. The Morgan fingerprint density at radius 2 is 1.88 bits per heavy atom. The number of amides is 2. The molecule has 1 aromatic carbocycles. The summed E-state index contributed by atoms with van der Waals surface area (Å²) in [4.78, 5) is 22.8. The molecule has 0 bridgehead atoms. The SMILES string of the molecule is COc1ccc(C(=O)N[C@H](C)C(=O)NN)cc1. The highest BCUT2D eigenvalue weighted by Gasteiger charge is 2.15. The summed E-state index contributed by atoms with van der Waals surface area (Å²) in [7, 11) is 1.54. The van der Waals surface area contributed by atoms with E-state index >= 15 is 0 Å². The molecule has 0 saturated carbocycles. The van der Waals surface area contributed by atoms with Gasteiger partial charge >= 0.3 is 0 Å². The summed E-state index contributed by atoms with van der Waals surface area (Å²) < 4.78 is 4.97. The van der Waals surface area contributed by atoms with E-state index in [0.717, 1.165) is 0 Å². The van der Waals surface area contributed by atoms with Crippen LogP contribution in [-0.4, -0.2) is 25.0 Å². The first-order chi connectivity index (χ1) is 8.08. The van der Waals surface area contributed by atoms with Gasteiger partial charge in [-0.2, -0.15) is 0 Å². The average molecular weight is 237 g/mol. The lowest BCUT2D eigenvalue weighted by molar-refractivity contribution is -0.122. The summed E-state index contributed by atoms with van der Waals surface area (Å²) in [6.45, 7) is 1.55. The van der Waals surface area contributed by atoms with Crippen molar-refractivity contribution in [2.75, 3.05) is 7.11 Å². The fraction of sp³-hybridized carbons (Fsp3) is 0.273. The molecule has 0 aliphatic rings. The van der Waals surface area contributed by atoms with Crippen molar-refractivity contribution in [1.29, 1.82) is 0 Å². The van der Waals surface area contributed by atoms with Crippen LogP contribution in [0.2, 0.25) is 0 Å². The Morgan fingerprint density at radius 3 is 2.35 bits per heavy atom. The number of hydrazine groups is 1. The summed E-state index contributed by atoms with van der Waals surface area (Å²) in [6.07, 6.45) is 0. The summed E-state index contributed by atoms with van der Waals surface area (Å²) in [5, 5.41) is 2.51. The maximum atomic E-state index is 11.7. The molecule has 0 aliphatic heterocycles. The van der Waals surface area contributed by atoms with Gasteiger partial charge in [0.2, 0.25) is 0 Å². The Kier molecular flexibility index (Phi) is 4.47. The number of methoxy groups -OCH3 is 1. The van der Waals surface area contributed by atoms with E-state index < -0.39 is 11.9 Å². The van der Waals surface area contributed by atoms with E-state index in [4.69, 9.17) is 10.6 Å². The molecule has 2 amide bonds. The van der Waals surface area contributed by atoms with Gasteiger partial charge < -0.3 is 10.1 Å². The predicted molar refractivity (Wildman–Crippen MR) is 62.3 cm³/mol. The number of rotatable bonds is 4. The molecule has 92 valence electrons. The van der Waals surface area contributed by atoms with Gasteiger partial charge in [0.15, 0.2) is 0 Å². The first-order valence-electron chi connectivity index (χ1n) is 5.04. The fourth-order valence-electron chi connectivity index (χ4n) is 1.21. The number of nitrogens with two attached hydrogens (primary N) is 1. The second-order valence-electron chi connectivity index (χ2n) is 3.43. The molecule has 0 heterocycles. The van der Waals surface area contributed by atoms with Crippen LogP contribution in [0.3, 0.4) is 0 Å². The molecule has 0 fully saturated rings. The Morgan fingerprint density at radius 1 is 1.29 bits per heavy atom. The predicted octanol–water partition coefficient (Wildman–Crippen LogP) is -0.197. The van der Waals surface area contributed by atoms with E-state index in [9.17, 15) is 9.59 Å². The van der Waals surface area contributed by atoms with Crippen molar-refractivity contribution in [3.05, 3.63) is 29.8 Å². The molecule has 0 aromatic heterocycles. The van der Waals surface area contributed by atoms with Gasteiger partial charge in [-0.1, -0.05) is 0 Å². The van der Waals surface area contributed by atoms with E-state index in [1.807, 2.05) is 5.43 Å². The summed E-state index contributed by atoms with van der Waals surface area (Å²) in [5.41, 5.74) is 2.41. The Labute approximate surface area is 99.1 Å². The van der Waals surface area contributed by atoms with Gasteiger partial charge in [0, 0.05) is 5.56 Å². The second-order valence-corrected chi connectivity index (χ2v) is 3.43. The third kappa shape index (κ3) is 3.46. The Balaban J connectivity index is 2.66. The van der Waals surface area contributed by atoms with E-state index in [1.54, 1.807) is 38.3 Å². The average Bonchev–Trinajstić information content (AvgIpc) is 2.37. The van der Waals surface area contributed by atoms with Crippen molar-refractivity contribution in [2.24, 2.45) is 5.84 Å². The van der Waals surface area contributed by atoms with Crippen LogP contribution in [0, 0.1) is 0 Å². The summed E-state index contributed by atoms with van der Waals surface area (Å²) in [5.74, 6) is 4.82. The molecular weight excluding hydrogens is 222 g/mol. The van der Waals surface area contributed by atoms with Gasteiger partial charge in [-0.3, -0.25) is 15.0 Å². The van der Waals surface area contributed by atoms with Crippen LogP contribution in [0.15, 0.2) is 24.3 Å². The van der Waals surface area contributed by atoms with Crippen molar-refractivity contribution < 1.29 is 14.3 Å². The zero-order chi connectivity index (χ0) is 12.8. The minimum atomic E-state index is -0.686. The molecule has 1 atom stereocenters. The first kappa shape index (κ1) is 13.0. The third-order valence-corrected chi connectivity index (χ3v) is 2.24.